The molecule has 3 rings (SSSR count). The molecule has 6 nitrogen and oxygen atoms in total. The summed E-state index contributed by atoms with van der Waals surface area (Å²) in [6, 6.07) is 16.4. The van der Waals surface area contributed by atoms with Gasteiger partial charge in [0.15, 0.2) is 17.3 Å². The number of carbonyl (C=O) groups excluding carboxylic acids is 1. The second-order valence-electron chi connectivity index (χ2n) is 5.87. The van der Waals surface area contributed by atoms with Gasteiger partial charge in [0.05, 0.1) is 7.11 Å². The van der Waals surface area contributed by atoms with E-state index < -0.39 is 6.10 Å². The molecule has 0 bridgehead atoms. The molecule has 0 aliphatic carbocycles. The number of methoxy groups -OCH3 is 1. The zero-order valence-corrected chi connectivity index (χ0v) is 14.9. The highest BCUT2D eigenvalue weighted by atomic mass is 16.5. The molecule has 6 heteroatoms. The molecule has 0 spiro atoms. The van der Waals surface area contributed by atoms with E-state index in [2.05, 4.69) is 10.5 Å². The van der Waals surface area contributed by atoms with Crippen molar-refractivity contribution in [3.05, 3.63) is 71.5 Å². The summed E-state index contributed by atoms with van der Waals surface area (Å²) in [6.45, 7) is 3.71. The molecular weight excluding hydrogens is 332 g/mol. The van der Waals surface area contributed by atoms with Gasteiger partial charge in [-0.15, -0.1) is 0 Å². The molecular formula is C20H20N2O4. The molecule has 0 saturated heterocycles. The van der Waals surface area contributed by atoms with Crippen LogP contribution in [0, 0.1) is 13.8 Å². The third-order valence-corrected chi connectivity index (χ3v) is 3.78. The Morgan fingerprint density at radius 3 is 2.50 bits per heavy atom. The summed E-state index contributed by atoms with van der Waals surface area (Å²) in [5, 5.41) is 6.52. The van der Waals surface area contributed by atoms with Crippen molar-refractivity contribution >= 4 is 11.7 Å². The SMILES string of the molecule is COc1cc(C)ccc1OC(C(=O)Nc1cc(C)on1)c1ccccc1. The normalized spacial score (nSPS) is 11.7. The maximum atomic E-state index is 12.8. The lowest BCUT2D eigenvalue weighted by Crippen LogP contribution is -2.26. The first kappa shape index (κ1) is 17.5. The van der Waals surface area contributed by atoms with Crippen molar-refractivity contribution in [3.8, 4) is 11.5 Å². The number of nitrogens with one attached hydrogen (secondary N) is 1. The molecule has 1 atom stereocenters. The number of aromatic nitrogens is 1. The van der Waals surface area contributed by atoms with Gasteiger partial charge in [-0.25, -0.2) is 0 Å². The van der Waals surface area contributed by atoms with Crippen LogP contribution in [0.25, 0.3) is 0 Å². The monoisotopic (exact) mass is 352 g/mol. The summed E-state index contributed by atoms with van der Waals surface area (Å²) in [4.78, 5) is 12.8. The highest BCUT2D eigenvalue weighted by Crippen LogP contribution is 2.32. The predicted octanol–water partition coefficient (Wildman–Crippen LogP) is 4.06. The molecule has 1 N–H and O–H groups in total. The molecule has 1 amide bonds. The van der Waals surface area contributed by atoms with Gasteiger partial charge in [0, 0.05) is 11.6 Å². The molecule has 0 aliphatic rings. The van der Waals surface area contributed by atoms with Crippen LogP contribution in [0.2, 0.25) is 0 Å². The predicted molar refractivity (Wildman–Crippen MR) is 97.4 cm³/mol. The van der Waals surface area contributed by atoms with Gasteiger partial charge in [0.25, 0.3) is 5.91 Å². The smallest absolute Gasteiger partial charge is 0.271 e. The molecule has 3 aromatic rings. The van der Waals surface area contributed by atoms with Crippen molar-refractivity contribution in [3.63, 3.8) is 0 Å². The van der Waals surface area contributed by atoms with Gasteiger partial charge in [-0.3, -0.25) is 4.79 Å². The molecule has 0 aliphatic heterocycles. The third-order valence-electron chi connectivity index (χ3n) is 3.78. The Morgan fingerprint density at radius 1 is 1.08 bits per heavy atom. The maximum absolute atomic E-state index is 12.8. The van der Waals surface area contributed by atoms with Crippen LogP contribution in [-0.2, 0) is 4.79 Å². The van der Waals surface area contributed by atoms with E-state index in [1.165, 1.54) is 0 Å². The first-order valence-corrected chi connectivity index (χ1v) is 8.17. The first-order valence-electron chi connectivity index (χ1n) is 8.17. The molecule has 0 saturated carbocycles. The van der Waals surface area contributed by atoms with Crippen molar-refractivity contribution in [2.45, 2.75) is 20.0 Å². The summed E-state index contributed by atoms with van der Waals surface area (Å²) in [5.41, 5.74) is 1.75. The topological polar surface area (TPSA) is 73.6 Å². The van der Waals surface area contributed by atoms with Crippen molar-refractivity contribution in [2.24, 2.45) is 0 Å². The number of ether oxygens (including phenoxy) is 2. The first-order chi connectivity index (χ1) is 12.6. The minimum Gasteiger partial charge on any atom is -0.493 e. The number of aryl methyl sites for hydroxylation is 2. The summed E-state index contributed by atoms with van der Waals surface area (Å²) in [5.74, 6) is 1.65. The lowest BCUT2D eigenvalue weighted by atomic mass is 10.1. The van der Waals surface area contributed by atoms with Gasteiger partial charge in [-0.05, 0) is 31.5 Å². The summed E-state index contributed by atoms with van der Waals surface area (Å²) in [6.07, 6.45) is -0.871. The van der Waals surface area contributed by atoms with Crippen LogP contribution in [0.4, 0.5) is 5.82 Å². The van der Waals surface area contributed by atoms with Gasteiger partial charge in [-0.2, -0.15) is 0 Å². The van der Waals surface area contributed by atoms with Crippen molar-refractivity contribution < 1.29 is 18.8 Å². The fourth-order valence-electron chi connectivity index (χ4n) is 2.52. The molecule has 0 fully saturated rings. The standard InChI is InChI=1S/C20H20N2O4/c1-13-9-10-16(17(11-13)24-3)25-19(15-7-5-4-6-8-15)20(23)21-18-12-14(2)26-22-18/h4-12,19H,1-3H3,(H,21,22,23). The van der Waals surface area contributed by atoms with E-state index >= 15 is 0 Å². The van der Waals surface area contributed by atoms with Gasteiger partial charge in [0.1, 0.15) is 5.76 Å². The minimum atomic E-state index is -0.871. The van der Waals surface area contributed by atoms with Crippen LogP contribution in [0.1, 0.15) is 23.0 Å². The van der Waals surface area contributed by atoms with Crippen LogP contribution in [0.15, 0.2) is 59.1 Å². The minimum absolute atomic E-state index is 0.341. The Bertz CT molecular complexity index is 890. The third kappa shape index (κ3) is 4.03. The van der Waals surface area contributed by atoms with E-state index in [-0.39, 0.29) is 5.91 Å². The lowest BCUT2D eigenvalue weighted by Gasteiger charge is -2.20. The van der Waals surface area contributed by atoms with Gasteiger partial charge < -0.3 is 19.3 Å². The van der Waals surface area contributed by atoms with E-state index in [9.17, 15) is 4.79 Å². The zero-order valence-electron chi connectivity index (χ0n) is 14.9. The van der Waals surface area contributed by atoms with E-state index in [0.29, 0.717) is 28.6 Å². The molecule has 0 radical (unpaired) electrons. The lowest BCUT2D eigenvalue weighted by molar-refractivity contribution is -0.123. The van der Waals surface area contributed by atoms with E-state index in [0.717, 1.165) is 5.56 Å². The average Bonchev–Trinajstić information content (AvgIpc) is 3.05. The fraction of sp³-hybridized carbons (Fsp3) is 0.200. The van der Waals surface area contributed by atoms with E-state index in [1.807, 2.05) is 49.4 Å². The largest absolute Gasteiger partial charge is 0.493 e. The van der Waals surface area contributed by atoms with E-state index in [1.54, 1.807) is 26.2 Å². The maximum Gasteiger partial charge on any atom is 0.271 e. The molecule has 2 aromatic carbocycles. The number of benzene rings is 2. The number of rotatable bonds is 6. The number of hydrogen-bond donors (Lipinski definition) is 1. The fourth-order valence-corrected chi connectivity index (χ4v) is 2.52. The Kier molecular flexibility index (Phi) is 5.22. The number of amides is 1. The zero-order chi connectivity index (χ0) is 18.5. The second kappa shape index (κ2) is 7.74. The highest BCUT2D eigenvalue weighted by molar-refractivity contribution is 5.94. The molecule has 1 unspecified atom stereocenters. The number of anilines is 1. The van der Waals surface area contributed by atoms with Gasteiger partial charge in [0.2, 0.25) is 6.10 Å². The summed E-state index contributed by atoms with van der Waals surface area (Å²) in [7, 11) is 1.57. The molecule has 26 heavy (non-hydrogen) atoms. The second-order valence-corrected chi connectivity index (χ2v) is 5.87. The Morgan fingerprint density at radius 2 is 1.85 bits per heavy atom. The van der Waals surface area contributed by atoms with Crippen LogP contribution in [0.5, 0.6) is 11.5 Å². The van der Waals surface area contributed by atoms with E-state index in [4.69, 9.17) is 14.0 Å². The van der Waals surface area contributed by atoms with Crippen molar-refractivity contribution in [1.82, 2.24) is 5.16 Å². The Labute approximate surface area is 151 Å². The number of nitrogens with zero attached hydrogens (tertiary/aromatic N) is 1. The molecule has 1 heterocycles. The highest BCUT2D eigenvalue weighted by Gasteiger charge is 2.25. The van der Waals surface area contributed by atoms with Crippen LogP contribution < -0.4 is 14.8 Å². The number of carbonyl (C=O) groups is 1. The average molecular weight is 352 g/mol. The van der Waals surface area contributed by atoms with Crippen LogP contribution in [0.3, 0.4) is 0 Å². The van der Waals surface area contributed by atoms with Crippen molar-refractivity contribution in [2.75, 3.05) is 12.4 Å². The van der Waals surface area contributed by atoms with Crippen LogP contribution >= 0.6 is 0 Å². The molecule has 1 aromatic heterocycles. The summed E-state index contributed by atoms with van der Waals surface area (Å²) >= 11 is 0. The van der Waals surface area contributed by atoms with Gasteiger partial charge >= 0.3 is 0 Å². The van der Waals surface area contributed by atoms with Gasteiger partial charge in [-0.1, -0.05) is 41.6 Å². The molecule has 134 valence electrons. The van der Waals surface area contributed by atoms with Crippen LogP contribution in [-0.4, -0.2) is 18.2 Å². The van der Waals surface area contributed by atoms with Crippen molar-refractivity contribution in [1.29, 1.82) is 0 Å². The quantitative estimate of drug-likeness (QED) is 0.724. The Hall–Kier alpha value is -3.28. The number of hydrogen-bond acceptors (Lipinski definition) is 5. The Balaban J connectivity index is 1.90. The summed E-state index contributed by atoms with van der Waals surface area (Å²) < 4.78 is 16.4.